The first kappa shape index (κ1) is 43.9. The van der Waals surface area contributed by atoms with Crippen molar-refractivity contribution in [1.29, 1.82) is 0 Å². The van der Waals surface area contributed by atoms with Crippen LogP contribution in [0.3, 0.4) is 0 Å². The van der Waals surface area contributed by atoms with Crippen LogP contribution in [-0.4, -0.2) is 31.3 Å². The number of hydrogen-bond donors (Lipinski definition) is 0. The van der Waals surface area contributed by atoms with Gasteiger partial charge in [-0.1, -0.05) is 70.6 Å². The Labute approximate surface area is 289 Å². The zero-order valence-corrected chi connectivity index (χ0v) is 29.4. The Morgan fingerprint density at radius 3 is 1.66 bits per heavy atom. The molecule has 0 radical (unpaired) electrons. The minimum atomic E-state index is -5.31. The van der Waals surface area contributed by atoms with Gasteiger partial charge in [0.2, 0.25) is 0 Å². The molecule has 0 bridgehead atoms. The molecule has 0 aliphatic heterocycles. The monoisotopic (exact) mass is 598 g/mol. The van der Waals surface area contributed by atoms with Gasteiger partial charge in [0.1, 0.15) is 6.61 Å². The number of rotatable bonds is 17. The number of carbonyl (C=O) groups excluding carboxylic acids is 2. The third-order valence-corrected chi connectivity index (χ3v) is 5.17. The van der Waals surface area contributed by atoms with E-state index in [1.165, 1.54) is 38.5 Å². The Morgan fingerprint density at radius 2 is 1.17 bits per heavy atom. The Hall–Kier alpha value is -1.59. The van der Waals surface area contributed by atoms with Gasteiger partial charge in [0.05, 0.1) is 14.4 Å². The first-order valence-electron chi connectivity index (χ1n) is 12.7. The van der Waals surface area contributed by atoms with E-state index in [1.807, 2.05) is 0 Å². The van der Waals surface area contributed by atoms with Gasteiger partial charge in [-0.2, -0.15) is 0 Å². The summed E-state index contributed by atoms with van der Waals surface area (Å²) in [4.78, 5) is 45.5. The van der Waals surface area contributed by atoms with E-state index >= 15 is 0 Å². The molecule has 1 atom stereocenters. The zero-order valence-electron chi connectivity index (χ0n) is 24.5. The van der Waals surface area contributed by atoms with Gasteiger partial charge in [0, 0.05) is 12.3 Å². The number of unbranched alkanes of at least 4 members (excludes halogenated alkanes) is 9. The summed E-state index contributed by atoms with van der Waals surface area (Å²) >= 11 is 0. The van der Waals surface area contributed by atoms with Crippen LogP contribution in [0.15, 0.2) is 0 Å². The Bertz CT molecular complexity index is 1190. The van der Waals surface area contributed by atoms with E-state index in [4.69, 9.17) is 9.47 Å². The molecule has 0 heterocycles. The van der Waals surface area contributed by atoms with Crippen LogP contribution in [0.2, 0.25) is 0 Å². The van der Waals surface area contributed by atoms with Gasteiger partial charge in [0.15, 0.2) is 6.10 Å². The number of hydrogen-bond acceptors (Lipinski definition) is 8. The molecule has 11 heteroatoms. The smallest absolute Gasteiger partial charge is 0.790 e. The molecule has 0 spiro atoms. The van der Waals surface area contributed by atoms with Crippen molar-refractivity contribution in [2.75, 3.05) is 13.2 Å². The summed E-state index contributed by atoms with van der Waals surface area (Å²) in [6.45, 7) is 2.51. The Balaban J connectivity index is -0.00000722. The minimum Gasteiger partial charge on any atom is -0.790 e. The van der Waals surface area contributed by atoms with Gasteiger partial charge >= 0.3 is 71.1 Å². The average molecular weight is 599 g/mol. The molecule has 0 unspecified atom stereocenters. The molecule has 8 nitrogen and oxygen atoms in total. The van der Waals surface area contributed by atoms with Crippen molar-refractivity contribution in [1.82, 2.24) is 0 Å². The van der Waals surface area contributed by atoms with Crippen LogP contribution < -0.4 is 68.9 Å². The fourth-order valence-corrected chi connectivity index (χ4v) is 3.24. The molecule has 41 heavy (non-hydrogen) atoms. The molecule has 0 rings (SSSR count). The third kappa shape index (κ3) is 34.5. The summed E-state index contributed by atoms with van der Waals surface area (Å²) in [6, 6.07) is 0. The van der Waals surface area contributed by atoms with E-state index in [0.717, 1.165) is 19.3 Å². The molecule has 0 N–H and O–H groups in total. The van der Waals surface area contributed by atoms with Gasteiger partial charge in [-0.15, -0.1) is 0 Å². The fourth-order valence-electron chi connectivity index (χ4n) is 2.89. The summed E-state index contributed by atoms with van der Waals surface area (Å²) in [6.07, 6.45) is 9.80. The topological polar surface area (TPSA) is 125 Å². The molecule has 0 aromatic rings. The first-order valence-corrected chi connectivity index (χ1v) is 14.2. The van der Waals surface area contributed by atoms with Gasteiger partial charge < -0.3 is 28.3 Å². The van der Waals surface area contributed by atoms with Crippen molar-refractivity contribution in [2.24, 2.45) is 0 Å². The maximum atomic E-state index is 12.1. The molecule has 0 aliphatic rings. The number of carbonyl (C=O) groups is 2. The van der Waals surface area contributed by atoms with Crippen LogP contribution in [-0.2, 0) is 28.2 Å². The summed E-state index contributed by atoms with van der Waals surface area (Å²) in [5.74, 6) is 27.1. The van der Waals surface area contributed by atoms with Crippen LogP contribution in [0, 0.1) is 71.0 Å². The Morgan fingerprint density at radius 1 is 0.707 bits per heavy atom. The minimum absolute atomic E-state index is 0. The van der Waals surface area contributed by atoms with Crippen LogP contribution in [0.25, 0.3) is 0 Å². The van der Waals surface area contributed by atoms with E-state index in [0.29, 0.717) is 6.42 Å². The largest absolute Gasteiger partial charge is 1.00 e. The van der Waals surface area contributed by atoms with Crippen LogP contribution in [0.4, 0.5) is 0 Å². The van der Waals surface area contributed by atoms with Gasteiger partial charge in [-0.05, 0) is 72.5 Å². The van der Waals surface area contributed by atoms with Gasteiger partial charge in [0.25, 0.3) is 0 Å². The predicted octanol–water partition coefficient (Wildman–Crippen LogP) is -3.35. The van der Waals surface area contributed by atoms with Crippen molar-refractivity contribution in [3.63, 3.8) is 0 Å². The molecule has 0 amide bonds. The van der Waals surface area contributed by atoms with Gasteiger partial charge in [-0.3, -0.25) is 4.79 Å². The average Bonchev–Trinajstić information content (AvgIpc) is 2.89. The van der Waals surface area contributed by atoms with Crippen molar-refractivity contribution < 1.29 is 97.1 Å². The van der Waals surface area contributed by atoms with E-state index in [2.05, 4.69) is 82.5 Å². The van der Waals surface area contributed by atoms with E-state index in [-0.39, 0.29) is 65.5 Å². The summed E-state index contributed by atoms with van der Waals surface area (Å²) in [7, 11) is -5.31. The molecule has 0 aromatic heterocycles. The summed E-state index contributed by atoms with van der Waals surface area (Å²) in [5, 5.41) is 0. The molecule has 0 saturated heterocycles. The second-order valence-electron chi connectivity index (χ2n) is 8.01. The molecule has 0 aliphatic carbocycles. The number of phosphoric acid groups is 1. The van der Waals surface area contributed by atoms with Crippen molar-refractivity contribution in [2.45, 2.75) is 90.6 Å². The maximum Gasteiger partial charge on any atom is 1.00 e. The van der Waals surface area contributed by atoms with E-state index in [1.54, 1.807) is 6.92 Å². The van der Waals surface area contributed by atoms with E-state index < -0.39 is 39.1 Å². The fraction of sp³-hybridized carbons (Fsp3) is 0.533. The first-order chi connectivity index (χ1) is 18.8. The molecule has 0 aromatic carbocycles. The molecular formula is C30H33Na2O8P. The molecular weight excluding hydrogens is 565 g/mol. The second-order valence-corrected chi connectivity index (χ2v) is 9.16. The third-order valence-electron chi connectivity index (χ3n) is 4.70. The maximum absolute atomic E-state index is 12.1. The summed E-state index contributed by atoms with van der Waals surface area (Å²) < 4.78 is 24.9. The number of esters is 2. The Kier molecular flexibility index (Phi) is 33.5. The van der Waals surface area contributed by atoms with E-state index in [9.17, 15) is 23.9 Å². The normalized spacial score (nSPS) is 9.46. The predicted molar refractivity (Wildman–Crippen MR) is 143 cm³/mol. The standard InChI is InChI=1S/C30H35O8P.2Na/c1-3-5-7-9-11-13-15-17-18-20-22-24-29(31)36-26-28(27-37-39(33,34)35)38-30(32)25-23-21-19-16-14-12-10-8-6-4-2;;/h28H,4,6,8,10,12,14,16,19,21,23,25-27H2,1-2H3,(H2,33,34,35);;/q;2*+1/p-2/t28-;;/m0../s1. The van der Waals surface area contributed by atoms with Crippen LogP contribution >= 0.6 is 7.82 Å². The number of ether oxygens (including phenoxy) is 2. The SMILES string of the molecule is CC#CC#CC#CC#CC#CC#CC(=O)OC[C@@H](COP(=O)([O-])[O-])OC(=O)CCCCCCCCCCCC.[Na+].[Na+]. The van der Waals surface area contributed by atoms with Gasteiger partial charge in [-0.25, -0.2) is 4.79 Å². The molecule has 208 valence electrons. The quantitative estimate of drug-likeness (QED) is 0.0425. The molecule has 0 fully saturated rings. The van der Waals surface area contributed by atoms with Crippen molar-refractivity contribution in [3.8, 4) is 71.0 Å². The van der Waals surface area contributed by atoms with Crippen molar-refractivity contribution >= 4 is 19.8 Å². The van der Waals surface area contributed by atoms with Crippen LogP contribution in [0.1, 0.15) is 84.5 Å². The summed E-state index contributed by atoms with van der Waals surface area (Å²) in [5.41, 5.74) is 0. The zero-order chi connectivity index (χ0) is 29.0. The number of phosphoric ester groups is 1. The second kappa shape index (κ2) is 31.3. The van der Waals surface area contributed by atoms with Crippen molar-refractivity contribution in [3.05, 3.63) is 0 Å². The van der Waals surface area contributed by atoms with Crippen LogP contribution in [0.5, 0.6) is 0 Å². The molecule has 0 saturated carbocycles.